The molecule has 4 heteroatoms. The van der Waals surface area contributed by atoms with Crippen molar-refractivity contribution in [2.45, 2.75) is 13.3 Å². The molecule has 0 atom stereocenters. The van der Waals surface area contributed by atoms with Gasteiger partial charge in [-0.2, -0.15) is 0 Å². The van der Waals surface area contributed by atoms with Gasteiger partial charge in [-0.05, 0) is 84.8 Å². The zero-order valence-electron chi connectivity index (χ0n) is 27.2. The Bertz CT molecular complexity index is 1730. The Balaban J connectivity index is 0.000000168. The highest BCUT2D eigenvalue weighted by Crippen LogP contribution is 2.54. The van der Waals surface area contributed by atoms with E-state index in [-0.39, 0.29) is 0 Å². The molecule has 0 amide bonds. The SMILES string of the molecule is CCc1ccccc1B(Oc1ccccc1)Oc1ccccc1.c1ccc([P+](c2ccccc2)(c2ccccc2)c2ccccc2)cc1. The van der Waals surface area contributed by atoms with Crippen LogP contribution in [0.15, 0.2) is 206 Å². The standard InChI is InChI=1S/C24H20P.C20H19BO2/c1-5-13-21(14-6-1)25(22-15-7-2-8-16-22,23-17-9-3-10-18-23)24-19-11-4-12-20-24;1-2-17-11-9-10-16-20(17)21(22-18-12-5-3-6-13-18)23-19-14-7-4-8-15-19/h1-20H;3-16H,2H2,1H3/q+1;. The molecule has 0 saturated heterocycles. The van der Waals surface area contributed by atoms with Gasteiger partial charge in [-0.25, -0.2) is 0 Å². The fourth-order valence-electron chi connectivity index (χ4n) is 5.98. The summed E-state index contributed by atoms with van der Waals surface area (Å²) < 4.78 is 12.2. The fourth-order valence-corrected chi connectivity index (χ4v) is 10.2. The molecule has 0 spiro atoms. The molecule has 7 rings (SSSR count). The van der Waals surface area contributed by atoms with Gasteiger partial charge >= 0.3 is 7.12 Å². The van der Waals surface area contributed by atoms with Crippen molar-refractivity contribution >= 4 is 41.1 Å². The number of hydrogen-bond donors (Lipinski definition) is 0. The summed E-state index contributed by atoms with van der Waals surface area (Å²) in [5, 5.41) is 5.55. The quantitative estimate of drug-likeness (QED) is 0.110. The van der Waals surface area contributed by atoms with Crippen LogP contribution < -0.4 is 36.0 Å². The molecule has 7 aromatic rings. The maximum atomic E-state index is 6.12. The molecule has 7 aromatic carbocycles. The molecule has 0 radical (unpaired) electrons. The van der Waals surface area contributed by atoms with Gasteiger partial charge in [-0.1, -0.05) is 140 Å². The van der Waals surface area contributed by atoms with Crippen molar-refractivity contribution in [1.82, 2.24) is 0 Å². The van der Waals surface area contributed by atoms with Gasteiger partial charge in [-0.3, -0.25) is 0 Å². The zero-order valence-corrected chi connectivity index (χ0v) is 28.1. The van der Waals surface area contributed by atoms with E-state index >= 15 is 0 Å². The first-order chi connectivity index (χ1) is 23.8. The molecule has 0 fully saturated rings. The Morgan fingerprint density at radius 3 is 1.00 bits per heavy atom. The van der Waals surface area contributed by atoms with Crippen molar-refractivity contribution in [3.8, 4) is 11.5 Å². The van der Waals surface area contributed by atoms with E-state index in [1.54, 1.807) is 0 Å². The monoisotopic (exact) mass is 641 g/mol. The van der Waals surface area contributed by atoms with Crippen LogP contribution in [0.1, 0.15) is 12.5 Å². The molecule has 0 aromatic heterocycles. The predicted octanol–water partition coefficient (Wildman–Crippen LogP) is 8.41. The molecule has 234 valence electrons. The van der Waals surface area contributed by atoms with Crippen LogP contribution in [0.3, 0.4) is 0 Å². The van der Waals surface area contributed by atoms with E-state index in [2.05, 4.69) is 140 Å². The largest absolute Gasteiger partial charge is 0.632 e. The number of benzene rings is 7. The van der Waals surface area contributed by atoms with E-state index in [0.717, 1.165) is 23.4 Å². The second-order valence-corrected chi connectivity index (χ2v) is 14.7. The van der Waals surface area contributed by atoms with Gasteiger partial charge in [0.05, 0.1) is 0 Å². The third-order valence-corrected chi connectivity index (χ3v) is 12.5. The predicted molar refractivity (Wildman–Crippen MR) is 207 cm³/mol. The van der Waals surface area contributed by atoms with Gasteiger partial charge in [0.1, 0.15) is 40.0 Å². The van der Waals surface area contributed by atoms with E-state index in [0.29, 0.717) is 0 Å². The molecule has 0 saturated carbocycles. The van der Waals surface area contributed by atoms with E-state index in [1.807, 2.05) is 72.8 Å². The van der Waals surface area contributed by atoms with Crippen LogP contribution >= 0.6 is 7.26 Å². The second-order valence-electron chi connectivity index (χ2n) is 11.3. The average Bonchev–Trinajstić information content (AvgIpc) is 3.18. The molecule has 0 heterocycles. The van der Waals surface area contributed by atoms with E-state index in [1.165, 1.54) is 26.8 Å². The summed E-state index contributed by atoms with van der Waals surface area (Å²) in [7, 11) is -2.38. The lowest BCUT2D eigenvalue weighted by Crippen LogP contribution is -2.44. The maximum absolute atomic E-state index is 6.12. The Morgan fingerprint density at radius 2 is 0.667 bits per heavy atom. The number of hydrogen-bond acceptors (Lipinski definition) is 2. The minimum absolute atomic E-state index is 0.476. The van der Waals surface area contributed by atoms with Gasteiger partial charge in [0.15, 0.2) is 0 Å². The molecule has 0 aliphatic carbocycles. The summed E-state index contributed by atoms with van der Waals surface area (Å²) in [4.78, 5) is 0. The molecule has 0 N–H and O–H groups in total. The summed E-state index contributed by atoms with van der Waals surface area (Å²) in [5.74, 6) is 1.58. The zero-order chi connectivity index (χ0) is 32.9. The van der Waals surface area contributed by atoms with Crippen LogP contribution in [0.5, 0.6) is 11.5 Å². The number of rotatable bonds is 10. The van der Waals surface area contributed by atoms with Gasteiger partial charge in [0, 0.05) is 5.46 Å². The lowest BCUT2D eigenvalue weighted by molar-refractivity contribution is 0.439. The lowest BCUT2D eigenvalue weighted by Gasteiger charge is -2.27. The topological polar surface area (TPSA) is 18.5 Å². The van der Waals surface area contributed by atoms with Gasteiger partial charge in [-0.15, -0.1) is 0 Å². The average molecular weight is 642 g/mol. The summed E-state index contributed by atoms with van der Waals surface area (Å²) in [6.07, 6.45) is 0.934. The highest BCUT2D eigenvalue weighted by molar-refractivity contribution is 8.01. The molecule has 0 aliphatic heterocycles. The van der Waals surface area contributed by atoms with Crippen molar-refractivity contribution < 1.29 is 9.31 Å². The van der Waals surface area contributed by atoms with Gasteiger partial charge in [0.2, 0.25) is 0 Å². The van der Waals surface area contributed by atoms with Crippen molar-refractivity contribution in [2.24, 2.45) is 0 Å². The maximum Gasteiger partial charge on any atom is 0.632 e. The highest BCUT2D eigenvalue weighted by Gasteiger charge is 2.47. The van der Waals surface area contributed by atoms with E-state index < -0.39 is 14.4 Å². The molecule has 0 aliphatic rings. The number of aryl methyl sites for hydroxylation is 1. The van der Waals surface area contributed by atoms with Crippen molar-refractivity contribution in [2.75, 3.05) is 0 Å². The van der Waals surface area contributed by atoms with E-state index in [9.17, 15) is 0 Å². The third-order valence-electron chi connectivity index (χ3n) is 8.24. The fraction of sp³-hybridized carbons (Fsp3) is 0.0455. The summed E-state index contributed by atoms with van der Waals surface area (Å²) in [5.41, 5.74) is 2.28. The molecule has 48 heavy (non-hydrogen) atoms. The Labute approximate surface area is 286 Å². The van der Waals surface area contributed by atoms with Crippen molar-refractivity contribution in [3.63, 3.8) is 0 Å². The minimum atomic E-state index is -1.91. The molecule has 0 unspecified atom stereocenters. The second kappa shape index (κ2) is 16.5. The molecule has 2 nitrogen and oxygen atoms in total. The lowest BCUT2D eigenvalue weighted by atomic mass is 9.75. The van der Waals surface area contributed by atoms with Crippen LogP contribution in [0, 0.1) is 0 Å². The molecular weight excluding hydrogens is 602 g/mol. The van der Waals surface area contributed by atoms with Crippen LogP contribution in [-0.2, 0) is 6.42 Å². The van der Waals surface area contributed by atoms with Crippen LogP contribution in [-0.4, -0.2) is 7.12 Å². The first-order valence-corrected chi connectivity index (χ1v) is 18.2. The van der Waals surface area contributed by atoms with Crippen molar-refractivity contribution in [3.05, 3.63) is 212 Å². The van der Waals surface area contributed by atoms with E-state index in [4.69, 9.17) is 9.31 Å². The first-order valence-electron chi connectivity index (χ1n) is 16.4. The van der Waals surface area contributed by atoms with Crippen LogP contribution in [0.4, 0.5) is 0 Å². The highest BCUT2D eigenvalue weighted by atomic mass is 31.2. The first kappa shape index (κ1) is 32.6. The molecular formula is C44H39BO2P+. The van der Waals surface area contributed by atoms with Crippen LogP contribution in [0.25, 0.3) is 0 Å². The summed E-state index contributed by atoms with van der Waals surface area (Å²) in [6, 6.07) is 71.6. The third kappa shape index (κ3) is 7.60. The smallest absolute Gasteiger partial charge is 0.522 e. The minimum Gasteiger partial charge on any atom is -0.522 e. The Morgan fingerprint density at radius 1 is 0.375 bits per heavy atom. The van der Waals surface area contributed by atoms with Crippen molar-refractivity contribution in [1.29, 1.82) is 0 Å². The number of para-hydroxylation sites is 2. The summed E-state index contributed by atoms with van der Waals surface area (Å²) >= 11 is 0. The molecule has 0 bridgehead atoms. The Kier molecular flexibility index (Phi) is 11.2. The van der Waals surface area contributed by atoms with Gasteiger partial charge in [0.25, 0.3) is 0 Å². The van der Waals surface area contributed by atoms with Gasteiger partial charge < -0.3 is 9.31 Å². The Hall–Kier alpha value is -5.37. The summed E-state index contributed by atoms with van der Waals surface area (Å²) in [6.45, 7) is 2.14. The van der Waals surface area contributed by atoms with Crippen LogP contribution in [0.2, 0.25) is 0 Å². The normalized spacial score (nSPS) is 10.7.